The van der Waals surface area contributed by atoms with Crippen molar-refractivity contribution in [1.29, 1.82) is 0 Å². The van der Waals surface area contributed by atoms with Crippen LogP contribution in [0.1, 0.15) is 11.1 Å². The molecular formula is C21H21F2N5O. The Bertz CT molecular complexity index is 1140. The monoisotopic (exact) mass is 397 g/mol. The molecule has 29 heavy (non-hydrogen) atoms. The summed E-state index contributed by atoms with van der Waals surface area (Å²) in [7, 11) is 0. The molecule has 0 spiro atoms. The molecule has 6 nitrogen and oxygen atoms in total. The van der Waals surface area contributed by atoms with E-state index >= 15 is 0 Å². The van der Waals surface area contributed by atoms with Crippen LogP contribution in [0.5, 0.6) is 0 Å². The van der Waals surface area contributed by atoms with Gasteiger partial charge in [0.15, 0.2) is 11.6 Å². The molecule has 3 aromatic rings. The molecule has 0 saturated carbocycles. The molecule has 8 heteroatoms. The Kier molecular flexibility index (Phi) is 5.10. The minimum atomic E-state index is -0.924. The molecule has 1 aromatic carbocycles. The van der Waals surface area contributed by atoms with Crippen molar-refractivity contribution in [3.05, 3.63) is 63.6 Å². The Morgan fingerprint density at radius 2 is 1.86 bits per heavy atom. The number of hydrogen-bond acceptors (Lipinski definition) is 5. The molecule has 0 radical (unpaired) electrons. The largest absolute Gasteiger partial charge is 0.367 e. The number of aryl methyl sites for hydroxylation is 1. The highest BCUT2D eigenvalue weighted by Gasteiger charge is 2.21. The lowest BCUT2D eigenvalue weighted by Gasteiger charge is -2.36. The van der Waals surface area contributed by atoms with E-state index in [9.17, 15) is 13.6 Å². The van der Waals surface area contributed by atoms with Gasteiger partial charge in [-0.3, -0.25) is 19.7 Å². The average molecular weight is 397 g/mol. The van der Waals surface area contributed by atoms with Gasteiger partial charge in [0.1, 0.15) is 0 Å². The lowest BCUT2D eigenvalue weighted by Crippen LogP contribution is -2.46. The van der Waals surface area contributed by atoms with E-state index in [1.807, 2.05) is 17.2 Å². The van der Waals surface area contributed by atoms with Crippen molar-refractivity contribution in [2.75, 3.05) is 31.1 Å². The Balaban J connectivity index is 1.46. The van der Waals surface area contributed by atoms with Gasteiger partial charge in [-0.1, -0.05) is 0 Å². The molecule has 0 atom stereocenters. The number of nitrogens with one attached hydrogen (secondary N) is 1. The van der Waals surface area contributed by atoms with Crippen LogP contribution in [0.15, 0.2) is 40.2 Å². The third kappa shape index (κ3) is 3.88. The van der Waals surface area contributed by atoms with Crippen LogP contribution >= 0.6 is 0 Å². The van der Waals surface area contributed by atoms with Gasteiger partial charge in [0.2, 0.25) is 0 Å². The van der Waals surface area contributed by atoms with Gasteiger partial charge in [-0.05, 0) is 31.3 Å². The Labute approximate surface area is 166 Å². The Morgan fingerprint density at radius 1 is 1.14 bits per heavy atom. The molecule has 1 aliphatic rings. The number of nitrogens with zero attached hydrogens (tertiary/aromatic N) is 4. The number of piperazine rings is 1. The quantitative estimate of drug-likeness (QED) is 0.687. The van der Waals surface area contributed by atoms with Crippen LogP contribution in [0.4, 0.5) is 20.2 Å². The minimum Gasteiger partial charge on any atom is -0.367 e. The number of benzene rings is 1. The van der Waals surface area contributed by atoms with Crippen molar-refractivity contribution < 1.29 is 8.78 Å². The summed E-state index contributed by atoms with van der Waals surface area (Å²) < 4.78 is 27.1. The minimum absolute atomic E-state index is 0.108. The Morgan fingerprint density at radius 3 is 2.59 bits per heavy atom. The first-order chi connectivity index (χ1) is 13.9. The van der Waals surface area contributed by atoms with E-state index < -0.39 is 11.6 Å². The van der Waals surface area contributed by atoms with Crippen LogP contribution in [0.3, 0.4) is 0 Å². The van der Waals surface area contributed by atoms with Gasteiger partial charge in [0.25, 0.3) is 5.56 Å². The number of aromatic nitrogens is 2. The molecule has 4 rings (SSSR count). The molecule has 2 aromatic heterocycles. The van der Waals surface area contributed by atoms with Crippen LogP contribution in [0, 0.1) is 18.6 Å². The van der Waals surface area contributed by atoms with E-state index in [2.05, 4.69) is 26.6 Å². The smallest absolute Gasteiger partial charge is 0.251 e. The number of aliphatic imine (C=N–C) groups is 1. The Hall–Kier alpha value is -3.13. The maximum absolute atomic E-state index is 13.7. The zero-order chi connectivity index (χ0) is 20.5. The normalized spacial score (nSPS) is 15.1. The molecule has 3 heterocycles. The zero-order valence-corrected chi connectivity index (χ0v) is 16.1. The molecule has 1 aliphatic heterocycles. The number of aromatic amines is 1. The molecule has 1 saturated heterocycles. The van der Waals surface area contributed by atoms with Gasteiger partial charge in [0, 0.05) is 56.6 Å². The van der Waals surface area contributed by atoms with E-state index in [4.69, 9.17) is 0 Å². The topological polar surface area (TPSA) is 64.6 Å². The van der Waals surface area contributed by atoms with E-state index in [0.717, 1.165) is 35.8 Å². The average Bonchev–Trinajstić information content (AvgIpc) is 2.71. The fourth-order valence-corrected chi connectivity index (χ4v) is 3.62. The second-order valence-corrected chi connectivity index (χ2v) is 7.23. The molecule has 0 aliphatic carbocycles. The van der Waals surface area contributed by atoms with Gasteiger partial charge in [-0.25, -0.2) is 8.78 Å². The molecule has 0 bridgehead atoms. The zero-order valence-electron chi connectivity index (χ0n) is 16.1. The standard InChI is InChI=1S/C21H21F2N5O/c1-13-7-17-18(26-21(13)29)8-14(11-25-17)12-27-3-5-28(6-4-27)20-10-16(23)15(22)9-19(20)24-2/h7-11H,2-6,12H2,1H3,(H,26,29). The second-order valence-electron chi connectivity index (χ2n) is 7.23. The first-order valence-electron chi connectivity index (χ1n) is 9.36. The van der Waals surface area contributed by atoms with E-state index in [1.54, 1.807) is 13.0 Å². The van der Waals surface area contributed by atoms with Gasteiger partial charge in [0.05, 0.1) is 22.4 Å². The van der Waals surface area contributed by atoms with Crippen molar-refractivity contribution in [1.82, 2.24) is 14.9 Å². The molecule has 0 unspecified atom stereocenters. The van der Waals surface area contributed by atoms with Gasteiger partial charge in [-0.2, -0.15) is 0 Å². The summed E-state index contributed by atoms with van der Waals surface area (Å²) in [5, 5.41) is 0. The third-order valence-corrected chi connectivity index (χ3v) is 5.24. The molecule has 1 fully saturated rings. The summed E-state index contributed by atoms with van der Waals surface area (Å²) in [6.45, 7) is 8.72. The third-order valence-electron chi connectivity index (χ3n) is 5.24. The lowest BCUT2D eigenvalue weighted by atomic mass is 10.1. The highest BCUT2D eigenvalue weighted by molar-refractivity contribution is 5.74. The van der Waals surface area contributed by atoms with Crippen LogP contribution in [-0.2, 0) is 6.54 Å². The highest BCUT2D eigenvalue weighted by atomic mass is 19.2. The summed E-state index contributed by atoms with van der Waals surface area (Å²) in [4.78, 5) is 27.2. The van der Waals surface area contributed by atoms with Gasteiger partial charge >= 0.3 is 0 Å². The van der Waals surface area contributed by atoms with Crippen LogP contribution in [0.2, 0.25) is 0 Å². The van der Waals surface area contributed by atoms with Crippen molar-refractivity contribution >= 4 is 29.1 Å². The fraction of sp³-hybridized carbons (Fsp3) is 0.286. The number of fused-ring (bicyclic) bond motifs is 1. The van der Waals surface area contributed by atoms with Gasteiger partial charge < -0.3 is 9.88 Å². The highest BCUT2D eigenvalue weighted by Crippen LogP contribution is 2.31. The van der Waals surface area contributed by atoms with Crippen molar-refractivity contribution in [3.8, 4) is 0 Å². The van der Waals surface area contributed by atoms with E-state index in [-0.39, 0.29) is 5.56 Å². The SMILES string of the molecule is C=Nc1cc(F)c(F)cc1N1CCN(Cc2cnc3cc(C)c(=O)[nH]c3c2)CC1. The summed E-state index contributed by atoms with van der Waals surface area (Å²) in [5.74, 6) is -1.81. The first-order valence-corrected chi connectivity index (χ1v) is 9.36. The predicted molar refractivity (Wildman–Crippen MR) is 110 cm³/mol. The number of rotatable bonds is 4. The predicted octanol–water partition coefficient (Wildman–Crippen LogP) is 3.16. The van der Waals surface area contributed by atoms with Crippen molar-refractivity contribution in [2.24, 2.45) is 4.99 Å². The summed E-state index contributed by atoms with van der Waals surface area (Å²) in [6, 6.07) is 5.99. The number of hydrogen-bond donors (Lipinski definition) is 1. The molecule has 0 amide bonds. The number of halogens is 2. The number of H-pyrrole nitrogens is 1. The van der Waals surface area contributed by atoms with E-state index in [1.165, 1.54) is 6.07 Å². The van der Waals surface area contributed by atoms with Crippen molar-refractivity contribution in [2.45, 2.75) is 13.5 Å². The maximum atomic E-state index is 13.7. The fourth-order valence-electron chi connectivity index (χ4n) is 3.62. The van der Waals surface area contributed by atoms with Crippen LogP contribution < -0.4 is 10.5 Å². The number of anilines is 1. The summed E-state index contributed by atoms with van der Waals surface area (Å²) in [6.07, 6.45) is 1.82. The van der Waals surface area contributed by atoms with Crippen LogP contribution in [0.25, 0.3) is 11.0 Å². The van der Waals surface area contributed by atoms with Crippen molar-refractivity contribution in [3.63, 3.8) is 0 Å². The van der Waals surface area contributed by atoms with E-state index in [0.29, 0.717) is 36.6 Å². The second kappa shape index (κ2) is 7.71. The lowest BCUT2D eigenvalue weighted by molar-refractivity contribution is 0.249. The molecule has 1 N–H and O–H groups in total. The first kappa shape index (κ1) is 19.2. The van der Waals surface area contributed by atoms with Crippen LogP contribution in [-0.4, -0.2) is 47.8 Å². The number of pyridine rings is 2. The summed E-state index contributed by atoms with van der Waals surface area (Å²) >= 11 is 0. The summed E-state index contributed by atoms with van der Waals surface area (Å²) in [5.41, 5.74) is 3.92. The van der Waals surface area contributed by atoms with Gasteiger partial charge in [-0.15, -0.1) is 0 Å². The molecular weight excluding hydrogens is 376 g/mol. The maximum Gasteiger partial charge on any atom is 0.251 e. The molecule has 150 valence electrons.